The van der Waals surface area contributed by atoms with Crippen molar-refractivity contribution >= 4 is 55.3 Å². The Morgan fingerprint density at radius 2 is 1.05 bits per heavy atom. The highest BCUT2D eigenvalue weighted by molar-refractivity contribution is 6.14. The molecule has 0 aliphatic heterocycles. The van der Waals surface area contributed by atoms with E-state index in [-0.39, 0.29) is 12.1 Å². The van der Waals surface area contributed by atoms with Gasteiger partial charge in [-0.25, -0.2) is 9.69 Å². The smallest absolute Gasteiger partial charge is 0.232 e. The maximum absolute atomic E-state index is 9.16. The van der Waals surface area contributed by atoms with Gasteiger partial charge in [0.1, 0.15) is 36.4 Å². The fourth-order valence-electron chi connectivity index (χ4n) is 10.3. The normalized spacial score (nSPS) is 19.1. The number of furan rings is 2. The molecule has 4 aromatic heterocycles. The summed E-state index contributed by atoms with van der Waals surface area (Å²) in [5.41, 5.74) is 11.6. The molecule has 1 atom stereocenters. The van der Waals surface area contributed by atoms with Gasteiger partial charge in [-0.3, -0.25) is 0 Å². The third kappa shape index (κ3) is 7.87. The van der Waals surface area contributed by atoms with E-state index in [0.717, 1.165) is 131 Å². The fraction of sp³-hybridized carbons (Fsp3) is 0.400. The molecule has 4 aromatic carbocycles. The van der Waals surface area contributed by atoms with E-state index >= 15 is 0 Å². The topological polar surface area (TPSA) is 42.8 Å². The molecule has 0 N–H and O–H groups in total. The average molecular weight is 884 g/mol. The van der Waals surface area contributed by atoms with Crippen LogP contribution in [0, 0.1) is 40.8 Å². The van der Waals surface area contributed by atoms with Crippen molar-refractivity contribution in [1.82, 2.24) is 0 Å². The van der Waals surface area contributed by atoms with E-state index in [4.69, 9.17) is 34.3 Å². The maximum atomic E-state index is 9.16. The summed E-state index contributed by atoms with van der Waals surface area (Å²) in [6, 6.07) is 19.7. The molecule has 10 rings (SSSR count). The minimum absolute atomic E-state index is 0.146. The Bertz CT molecular complexity index is 3720. The maximum Gasteiger partial charge on any atom is 0.232 e. The monoisotopic (exact) mass is 884 g/mol. The lowest BCUT2D eigenvalue weighted by atomic mass is 9.83. The predicted molar refractivity (Wildman–Crippen MR) is 272 cm³/mol. The van der Waals surface area contributed by atoms with Gasteiger partial charge in [0.25, 0.3) is 0 Å². The molecule has 2 saturated carbocycles. The number of benzene rings is 4. The molecular weight excluding hydrogens is 809 g/mol. The number of nitrogens with zero attached hydrogens (tertiary/aromatic N) is 4. The summed E-state index contributed by atoms with van der Waals surface area (Å²) >= 11 is 0. The third-order valence-electron chi connectivity index (χ3n) is 14.2. The van der Waals surface area contributed by atoms with Gasteiger partial charge in [0.05, 0.1) is 27.0 Å². The summed E-state index contributed by atoms with van der Waals surface area (Å²) in [4.78, 5) is 7.78. The van der Waals surface area contributed by atoms with Crippen LogP contribution >= 0.6 is 0 Å². The van der Waals surface area contributed by atoms with Crippen LogP contribution in [0.3, 0.4) is 0 Å². The van der Waals surface area contributed by atoms with Crippen LogP contribution in [-0.2, 0) is 14.1 Å². The minimum Gasteiger partial charge on any atom is -0.466 e. The molecule has 0 bridgehead atoms. The molecular formula is C60H66N4O2+2. The number of hydrogen-bond acceptors (Lipinski definition) is 2. The lowest BCUT2D eigenvalue weighted by Crippen LogP contribution is -2.35. The van der Waals surface area contributed by atoms with Crippen LogP contribution < -0.4 is 9.13 Å². The van der Waals surface area contributed by atoms with E-state index in [2.05, 4.69) is 9.69 Å². The van der Waals surface area contributed by atoms with Gasteiger partial charge in [-0.1, -0.05) is 115 Å². The van der Waals surface area contributed by atoms with E-state index in [1.165, 1.54) is 6.92 Å². The molecule has 8 aromatic rings. The summed E-state index contributed by atoms with van der Waals surface area (Å²) < 4.78 is 94.2. The number of aryl methyl sites for hydroxylation is 3. The van der Waals surface area contributed by atoms with E-state index in [9.17, 15) is 0 Å². The molecule has 1 unspecified atom stereocenters. The van der Waals surface area contributed by atoms with Crippen LogP contribution in [0.15, 0.2) is 81.6 Å². The summed E-state index contributed by atoms with van der Waals surface area (Å²) in [7, 11) is 3.76. The molecule has 336 valence electrons. The first-order chi connectivity index (χ1) is 35.2. The summed E-state index contributed by atoms with van der Waals surface area (Å²) in [5.74, 6) is -4.46. The number of aromatic nitrogens is 2. The van der Waals surface area contributed by atoms with Gasteiger partial charge in [-0.2, -0.15) is 9.13 Å². The molecule has 2 fully saturated rings. The van der Waals surface area contributed by atoms with Crippen molar-refractivity contribution in [1.29, 1.82) is 0 Å². The lowest BCUT2D eigenvalue weighted by molar-refractivity contribution is -0.666. The summed E-state index contributed by atoms with van der Waals surface area (Å²) in [5, 5.41) is 3.38. The predicted octanol–water partition coefficient (Wildman–Crippen LogP) is 16.8. The van der Waals surface area contributed by atoms with Gasteiger partial charge < -0.3 is 8.83 Å². The Morgan fingerprint density at radius 3 is 1.52 bits per heavy atom. The van der Waals surface area contributed by atoms with Crippen molar-refractivity contribution in [2.24, 2.45) is 14.1 Å². The Labute approximate surface area is 404 Å². The first-order valence-corrected chi connectivity index (χ1v) is 23.5. The van der Waals surface area contributed by atoms with Crippen LogP contribution in [-0.4, -0.2) is 0 Å². The number of pyridine rings is 2. The van der Waals surface area contributed by atoms with Crippen molar-refractivity contribution in [3.63, 3.8) is 0 Å². The van der Waals surface area contributed by atoms with Crippen LogP contribution in [0.25, 0.3) is 76.1 Å². The first-order valence-electron chi connectivity index (χ1n) is 28.0. The summed E-state index contributed by atoms with van der Waals surface area (Å²) in [6.07, 6.45) is 9.17. The molecule has 2 aliphatic rings. The molecule has 2 aliphatic carbocycles. The third-order valence-corrected chi connectivity index (χ3v) is 14.2. The zero-order chi connectivity index (χ0) is 54.5. The Kier molecular flexibility index (Phi) is 9.66. The highest BCUT2D eigenvalue weighted by atomic mass is 16.3. The van der Waals surface area contributed by atoms with Gasteiger partial charge in [-0.15, -0.1) is 0 Å². The van der Waals surface area contributed by atoms with Crippen LogP contribution in [0.1, 0.15) is 173 Å². The van der Waals surface area contributed by atoms with Gasteiger partial charge in [-0.05, 0) is 96.5 Å². The van der Waals surface area contributed by atoms with Gasteiger partial charge in [0.15, 0.2) is 11.4 Å². The van der Waals surface area contributed by atoms with Crippen molar-refractivity contribution in [3.8, 4) is 22.5 Å². The SMILES string of the molecule is [2H]C1(c2ccc3c(oc4c(-c5cc(C([2H])(C)C([2H])([2H])[2H])cc(C)[n+]5C)c(C)ccc43)c2[N+]#[C-])CCCCC1.[2H]c1c(C([2H])(C)C)c([2H])c(-c2c(C)ccc3c2oc2c([N+]#[C-])c(C4([2H])CCCCC4)ccc23)[n+](C)c1C. The van der Waals surface area contributed by atoms with Crippen LogP contribution in [0.5, 0.6) is 0 Å². The molecule has 0 amide bonds. The number of hydrogen-bond donors (Lipinski definition) is 0. The average Bonchev–Trinajstić information content (AvgIpc) is 3.93. The van der Waals surface area contributed by atoms with Gasteiger partial charge >= 0.3 is 0 Å². The van der Waals surface area contributed by atoms with Crippen molar-refractivity contribution in [2.75, 3.05) is 0 Å². The molecule has 0 spiro atoms. The van der Waals surface area contributed by atoms with E-state index in [1.54, 1.807) is 26.0 Å². The minimum atomic E-state index is -2.50. The van der Waals surface area contributed by atoms with Crippen LogP contribution in [0.2, 0.25) is 0 Å². The van der Waals surface area contributed by atoms with E-state index in [0.29, 0.717) is 56.2 Å². The Balaban J connectivity index is 0.000000184. The van der Waals surface area contributed by atoms with Gasteiger partial charge in [0.2, 0.25) is 22.8 Å². The molecule has 66 heavy (non-hydrogen) atoms. The molecule has 6 nitrogen and oxygen atoms in total. The van der Waals surface area contributed by atoms with Crippen molar-refractivity contribution in [3.05, 3.63) is 140 Å². The Hall–Kier alpha value is -6.24. The summed E-state index contributed by atoms with van der Waals surface area (Å²) in [6.45, 7) is 26.1. The van der Waals surface area contributed by atoms with Crippen molar-refractivity contribution in [2.45, 2.75) is 143 Å². The molecule has 6 heteroatoms. The van der Waals surface area contributed by atoms with E-state index in [1.807, 2.05) is 99.5 Å². The second-order valence-electron chi connectivity index (χ2n) is 18.8. The zero-order valence-corrected chi connectivity index (χ0v) is 39.9. The van der Waals surface area contributed by atoms with Gasteiger partial charge in [0, 0.05) is 69.2 Å². The first kappa shape index (κ1) is 35.0. The molecule has 0 saturated heterocycles. The van der Waals surface area contributed by atoms with Crippen LogP contribution in [0.4, 0.5) is 11.4 Å². The number of rotatable bonds is 6. The highest BCUT2D eigenvalue weighted by Gasteiger charge is 2.29. The van der Waals surface area contributed by atoms with E-state index < -0.39 is 30.4 Å². The Morgan fingerprint density at radius 1 is 0.591 bits per heavy atom. The highest BCUT2D eigenvalue weighted by Crippen LogP contribution is 2.48. The zero-order valence-electron chi connectivity index (χ0n) is 48.9. The largest absolute Gasteiger partial charge is 0.466 e. The fourth-order valence-corrected chi connectivity index (χ4v) is 10.3. The number of fused-ring (bicyclic) bond motifs is 6. The van der Waals surface area contributed by atoms with Crippen molar-refractivity contribution < 1.29 is 30.3 Å². The lowest BCUT2D eigenvalue weighted by Gasteiger charge is -2.23. The molecule has 0 radical (unpaired) electrons. The molecule has 4 heterocycles. The standard InChI is InChI=1S/2C30H33N2O/c2*1-18(2)22-16-20(4)32(6)26(17-22)27-19(3)12-13-24-25-15-14-23(21-10-8-7-9-11-21)28(31-5)30(25)33-29(24)27/h2*12-18,21H,7-11H2,1-4,6H3/q2*+1/i16D,17D,18D,21D;1D3,18D,21D. The second kappa shape index (κ2) is 18.2. The second-order valence-corrected chi connectivity index (χ2v) is 18.8. The quantitative estimate of drug-likeness (QED) is 0.123.